The molecule has 0 saturated heterocycles. The molecular weight excluding hydrogens is 378 g/mol. The zero-order valence-electron chi connectivity index (χ0n) is 14.2. The molecule has 0 spiro atoms. The quantitative estimate of drug-likeness (QED) is 0.503. The monoisotopic (exact) mass is 392 g/mol. The number of hydrogen-bond acceptors (Lipinski definition) is 4. The highest BCUT2D eigenvalue weighted by Crippen LogP contribution is 2.31. The molecule has 0 aromatic heterocycles. The fourth-order valence-electron chi connectivity index (χ4n) is 2.56. The van der Waals surface area contributed by atoms with Crippen LogP contribution in [0.5, 0.6) is 17.2 Å². The van der Waals surface area contributed by atoms with Gasteiger partial charge in [-0.05, 0) is 54.1 Å². The first-order valence-corrected chi connectivity index (χ1v) is 8.32. The lowest BCUT2D eigenvalue weighted by Gasteiger charge is -2.16. The van der Waals surface area contributed by atoms with E-state index in [0.717, 1.165) is 16.9 Å². The van der Waals surface area contributed by atoms with Crippen LogP contribution < -0.4 is 14.2 Å². The third-order valence-electron chi connectivity index (χ3n) is 3.82. The van der Waals surface area contributed by atoms with Crippen LogP contribution in [0.15, 0.2) is 54.1 Å². The molecular formula is C20H15ClF2O4. The molecule has 7 heteroatoms. The summed E-state index contributed by atoms with van der Waals surface area (Å²) in [5.74, 6) is 0.333. The smallest absolute Gasteiger partial charge is 0.387 e. The number of allylic oxidation sites excluding steroid dienone is 1. The van der Waals surface area contributed by atoms with Gasteiger partial charge in [-0.2, -0.15) is 8.78 Å². The molecule has 0 unspecified atom stereocenters. The minimum Gasteiger partial charge on any atom is -0.493 e. The number of fused-ring (bicyclic) bond motifs is 1. The molecule has 0 bridgehead atoms. The van der Waals surface area contributed by atoms with Crippen molar-refractivity contribution >= 4 is 23.5 Å². The van der Waals surface area contributed by atoms with E-state index in [1.165, 1.54) is 31.4 Å². The summed E-state index contributed by atoms with van der Waals surface area (Å²) in [6, 6.07) is 9.33. The Balaban J connectivity index is 1.77. The summed E-state index contributed by atoms with van der Waals surface area (Å²) >= 11 is 5.98. The van der Waals surface area contributed by atoms with Crippen LogP contribution in [0, 0.1) is 0 Å². The van der Waals surface area contributed by atoms with E-state index in [4.69, 9.17) is 21.1 Å². The number of hydrogen-bond donors (Lipinski definition) is 0. The molecule has 0 N–H and O–H groups in total. The Morgan fingerprint density at radius 3 is 2.78 bits per heavy atom. The number of halogens is 3. The fraction of sp³-hybridized carbons (Fsp3) is 0.150. The highest BCUT2D eigenvalue weighted by molar-refractivity contribution is 6.30. The standard InChI is InChI=1S/C20H15ClF2O4/c1-25-19-10-13(3-6-18(19)27-20(22)23)16(24)5-2-12-8-14-9-15(21)4-7-17(14)26-11-12/h2-10,20H,11H2,1H3/b5-2+. The van der Waals surface area contributed by atoms with Crippen LogP contribution in [0.3, 0.4) is 0 Å². The molecule has 140 valence electrons. The lowest BCUT2D eigenvalue weighted by atomic mass is 10.1. The van der Waals surface area contributed by atoms with Crippen LogP contribution in [0.25, 0.3) is 6.08 Å². The van der Waals surface area contributed by atoms with Gasteiger partial charge in [-0.15, -0.1) is 0 Å². The molecule has 0 saturated carbocycles. The lowest BCUT2D eigenvalue weighted by Crippen LogP contribution is -2.06. The van der Waals surface area contributed by atoms with E-state index in [9.17, 15) is 13.6 Å². The average molecular weight is 393 g/mol. The van der Waals surface area contributed by atoms with Crippen molar-refractivity contribution in [2.24, 2.45) is 0 Å². The molecule has 1 aliphatic rings. The highest BCUT2D eigenvalue weighted by Gasteiger charge is 2.14. The van der Waals surface area contributed by atoms with Gasteiger partial charge in [0.15, 0.2) is 17.3 Å². The summed E-state index contributed by atoms with van der Waals surface area (Å²) in [5.41, 5.74) is 1.91. The van der Waals surface area contributed by atoms with Gasteiger partial charge < -0.3 is 14.2 Å². The summed E-state index contributed by atoms with van der Waals surface area (Å²) in [6.45, 7) is -2.65. The predicted molar refractivity (Wildman–Crippen MR) is 98.0 cm³/mol. The van der Waals surface area contributed by atoms with Gasteiger partial charge in [0.2, 0.25) is 0 Å². The molecule has 0 atom stereocenters. The first-order chi connectivity index (χ1) is 13.0. The van der Waals surface area contributed by atoms with Gasteiger partial charge in [0.05, 0.1) is 7.11 Å². The highest BCUT2D eigenvalue weighted by atomic mass is 35.5. The van der Waals surface area contributed by atoms with Crippen molar-refractivity contribution in [3.8, 4) is 17.2 Å². The Kier molecular flexibility index (Phi) is 5.76. The fourth-order valence-corrected chi connectivity index (χ4v) is 2.74. The van der Waals surface area contributed by atoms with Gasteiger partial charge in [-0.25, -0.2) is 0 Å². The lowest BCUT2D eigenvalue weighted by molar-refractivity contribution is -0.0512. The molecule has 0 aliphatic carbocycles. The minimum atomic E-state index is -2.98. The Morgan fingerprint density at radius 2 is 2.04 bits per heavy atom. The van der Waals surface area contributed by atoms with Crippen molar-refractivity contribution in [1.29, 1.82) is 0 Å². The molecule has 0 amide bonds. The third-order valence-corrected chi connectivity index (χ3v) is 4.06. The molecule has 0 radical (unpaired) electrons. The van der Waals surface area contributed by atoms with E-state index in [1.807, 2.05) is 6.08 Å². The normalized spacial score (nSPS) is 13.1. The maximum absolute atomic E-state index is 12.4. The number of carbonyl (C=O) groups excluding carboxylic acids is 1. The van der Waals surface area contributed by atoms with Crippen molar-refractivity contribution < 1.29 is 27.8 Å². The third kappa shape index (κ3) is 4.65. The van der Waals surface area contributed by atoms with Gasteiger partial charge in [0.1, 0.15) is 12.4 Å². The zero-order valence-corrected chi connectivity index (χ0v) is 15.0. The van der Waals surface area contributed by atoms with Gasteiger partial charge >= 0.3 is 6.61 Å². The largest absolute Gasteiger partial charge is 0.493 e. The first-order valence-electron chi connectivity index (χ1n) is 7.94. The number of benzene rings is 2. The van der Waals surface area contributed by atoms with Crippen molar-refractivity contribution in [1.82, 2.24) is 0 Å². The maximum atomic E-state index is 12.4. The van der Waals surface area contributed by atoms with Crippen molar-refractivity contribution in [3.63, 3.8) is 0 Å². The van der Waals surface area contributed by atoms with Crippen LogP contribution in [0.1, 0.15) is 15.9 Å². The van der Waals surface area contributed by atoms with E-state index < -0.39 is 6.61 Å². The van der Waals surface area contributed by atoms with Crippen LogP contribution in [0.4, 0.5) is 8.78 Å². The SMILES string of the molecule is COc1cc(C(=O)/C=C/C2=Cc3cc(Cl)ccc3OC2)ccc1OC(F)F. The van der Waals surface area contributed by atoms with Gasteiger partial charge in [0, 0.05) is 16.1 Å². The van der Waals surface area contributed by atoms with E-state index in [2.05, 4.69) is 4.74 Å². The molecule has 2 aromatic carbocycles. The molecule has 4 nitrogen and oxygen atoms in total. The number of carbonyl (C=O) groups is 1. The second-order valence-corrected chi connectivity index (χ2v) is 6.07. The van der Waals surface area contributed by atoms with Crippen molar-refractivity contribution in [2.45, 2.75) is 6.61 Å². The molecule has 1 heterocycles. The van der Waals surface area contributed by atoms with Gasteiger partial charge in [0.25, 0.3) is 0 Å². The first kappa shape index (κ1) is 18.9. The van der Waals surface area contributed by atoms with E-state index in [1.54, 1.807) is 24.3 Å². The Morgan fingerprint density at radius 1 is 1.22 bits per heavy atom. The zero-order chi connectivity index (χ0) is 19.4. The number of methoxy groups -OCH3 is 1. The Bertz CT molecular complexity index is 922. The summed E-state index contributed by atoms with van der Waals surface area (Å²) in [5, 5.41) is 0.591. The van der Waals surface area contributed by atoms with Gasteiger partial charge in [-0.3, -0.25) is 4.79 Å². The molecule has 27 heavy (non-hydrogen) atoms. The summed E-state index contributed by atoms with van der Waals surface area (Å²) in [6.07, 6.45) is 4.91. The van der Waals surface area contributed by atoms with E-state index >= 15 is 0 Å². The van der Waals surface area contributed by atoms with Crippen molar-refractivity contribution in [2.75, 3.05) is 13.7 Å². The summed E-state index contributed by atoms with van der Waals surface area (Å²) in [7, 11) is 1.31. The minimum absolute atomic E-state index is 0.0540. The molecule has 0 fully saturated rings. The van der Waals surface area contributed by atoms with Crippen LogP contribution in [-0.4, -0.2) is 26.1 Å². The summed E-state index contributed by atoms with van der Waals surface area (Å²) in [4.78, 5) is 12.4. The Labute approximate surface area is 159 Å². The van der Waals surface area contributed by atoms with E-state index in [-0.39, 0.29) is 22.8 Å². The van der Waals surface area contributed by atoms with E-state index in [0.29, 0.717) is 11.6 Å². The average Bonchev–Trinajstić information content (AvgIpc) is 2.65. The topological polar surface area (TPSA) is 44.8 Å². The molecule has 1 aliphatic heterocycles. The number of ether oxygens (including phenoxy) is 3. The predicted octanol–water partition coefficient (Wildman–Crippen LogP) is 5.16. The van der Waals surface area contributed by atoms with Crippen molar-refractivity contribution in [3.05, 3.63) is 70.3 Å². The number of alkyl halides is 2. The number of rotatable bonds is 6. The number of ketones is 1. The van der Waals surface area contributed by atoms with Crippen LogP contribution in [-0.2, 0) is 0 Å². The van der Waals surface area contributed by atoms with Gasteiger partial charge in [-0.1, -0.05) is 17.7 Å². The second kappa shape index (κ2) is 8.22. The Hall–Kier alpha value is -2.86. The summed E-state index contributed by atoms with van der Waals surface area (Å²) < 4.78 is 39.7. The molecule has 2 aromatic rings. The second-order valence-electron chi connectivity index (χ2n) is 5.63. The molecule has 3 rings (SSSR count). The maximum Gasteiger partial charge on any atom is 0.387 e. The van der Waals surface area contributed by atoms with Crippen LogP contribution in [0.2, 0.25) is 5.02 Å². The van der Waals surface area contributed by atoms with Crippen LogP contribution >= 0.6 is 11.6 Å².